The van der Waals surface area contributed by atoms with Crippen molar-refractivity contribution < 1.29 is 27.5 Å². The van der Waals surface area contributed by atoms with Crippen LogP contribution in [0.1, 0.15) is 44.4 Å². The van der Waals surface area contributed by atoms with Gasteiger partial charge in [-0.05, 0) is 38.5 Å². The molecule has 1 aromatic rings. The molecule has 0 radical (unpaired) electrons. The molecule has 0 heterocycles. The highest BCUT2D eigenvalue weighted by Crippen LogP contribution is 2.31. The number of alkyl halides is 3. The van der Waals surface area contributed by atoms with Crippen molar-refractivity contribution >= 4 is 12.0 Å². The zero-order chi connectivity index (χ0) is 17.8. The first-order chi connectivity index (χ1) is 10.4. The Morgan fingerprint density at radius 2 is 1.87 bits per heavy atom. The third kappa shape index (κ3) is 6.58. The topological polar surface area (TPSA) is 81.4 Å². The van der Waals surface area contributed by atoms with Crippen LogP contribution in [0.4, 0.5) is 18.0 Å². The molecular weight excluding hydrogens is 313 g/mol. The van der Waals surface area contributed by atoms with Gasteiger partial charge in [-0.3, -0.25) is 4.79 Å². The normalized spacial score (nSPS) is 13.3. The lowest BCUT2D eigenvalue weighted by atomic mass is 10.0. The summed E-state index contributed by atoms with van der Waals surface area (Å²) in [5, 5.41) is 2.37. The summed E-state index contributed by atoms with van der Waals surface area (Å²) >= 11 is 0. The van der Waals surface area contributed by atoms with Crippen LogP contribution in [0.2, 0.25) is 0 Å². The van der Waals surface area contributed by atoms with Gasteiger partial charge in [0.25, 0.3) is 0 Å². The van der Waals surface area contributed by atoms with E-state index in [9.17, 15) is 22.8 Å². The fourth-order valence-corrected chi connectivity index (χ4v) is 1.83. The minimum Gasteiger partial charge on any atom is -0.444 e. The van der Waals surface area contributed by atoms with Gasteiger partial charge < -0.3 is 15.8 Å². The van der Waals surface area contributed by atoms with E-state index >= 15 is 0 Å². The molecule has 0 aliphatic carbocycles. The van der Waals surface area contributed by atoms with Crippen LogP contribution in [0.15, 0.2) is 24.3 Å². The van der Waals surface area contributed by atoms with Crippen molar-refractivity contribution in [2.45, 2.75) is 45.0 Å². The standard InChI is InChI=1S/C15H19F3N2O3/c1-14(2,3)23-13(22)20-11(8-12(19)21)9-5-4-6-10(7-9)15(16,17)18/h4-7,11H,8H2,1-3H3,(H2,19,21)(H,20,22)/t11-/m0/s1. The summed E-state index contributed by atoms with van der Waals surface area (Å²) in [6, 6.07) is 3.33. The van der Waals surface area contributed by atoms with Crippen molar-refractivity contribution in [1.29, 1.82) is 0 Å². The van der Waals surface area contributed by atoms with Crippen molar-refractivity contribution in [1.82, 2.24) is 5.32 Å². The van der Waals surface area contributed by atoms with Gasteiger partial charge in [-0.15, -0.1) is 0 Å². The second-order valence-electron chi connectivity index (χ2n) is 5.99. The Labute approximate surface area is 132 Å². The molecular formula is C15H19F3N2O3. The highest BCUT2D eigenvalue weighted by molar-refractivity contribution is 5.76. The first-order valence-electron chi connectivity index (χ1n) is 6.83. The van der Waals surface area contributed by atoms with Crippen LogP contribution in [-0.4, -0.2) is 17.6 Å². The van der Waals surface area contributed by atoms with Gasteiger partial charge in [-0.1, -0.05) is 12.1 Å². The number of rotatable bonds is 4. The number of alkyl carbamates (subject to hydrolysis) is 1. The number of nitrogens with one attached hydrogen (secondary N) is 1. The maximum Gasteiger partial charge on any atom is 0.416 e. The summed E-state index contributed by atoms with van der Waals surface area (Å²) in [5.41, 5.74) is 3.56. The quantitative estimate of drug-likeness (QED) is 0.889. The molecule has 2 amide bonds. The lowest BCUT2D eigenvalue weighted by molar-refractivity contribution is -0.137. The molecule has 3 N–H and O–H groups in total. The minimum absolute atomic E-state index is 0.115. The number of hydrogen-bond donors (Lipinski definition) is 2. The molecule has 0 spiro atoms. The van der Waals surface area contributed by atoms with E-state index in [0.29, 0.717) is 0 Å². The molecule has 1 aromatic carbocycles. The lowest BCUT2D eigenvalue weighted by Gasteiger charge is -2.23. The molecule has 0 saturated carbocycles. The number of halogens is 3. The van der Waals surface area contributed by atoms with Crippen molar-refractivity contribution in [2.24, 2.45) is 5.73 Å². The Kier molecular flexibility index (Phi) is 5.63. The monoisotopic (exact) mass is 332 g/mol. The average Bonchev–Trinajstić information content (AvgIpc) is 2.34. The van der Waals surface area contributed by atoms with Crippen LogP contribution in [0.3, 0.4) is 0 Å². The molecule has 1 atom stereocenters. The van der Waals surface area contributed by atoms with Gasteiger partial charge in [0.2, 0.25) is 5.91 Å². The maximum atomic E-state index is 12.8. The zero-order valence-electron chi connectivity index (χ0n) is 13.0. The van der Waals surface area contributed by atoms with E-state index in [1.54, 1.807) is 20.8 Å². The third-order valence-electron chi connectivity index (χ3n) is 2.71. The van der Waals surface area contributed by atoms with Gasteiger partial charge in [-0.2, -0.15) is 13.2 Å². The highest BCUT2D eigenvalue weighted by Gasteiger charge is 2.31. The SMILES string of the molecule is CC(C)(C)OC(=O)N[C@@H](CC(N)=O)c1cccc(C(F)(F)F)c1. The Bertz CT molecular complexity index is 580. The third-order valence-corrected chi connectivity index (χ3v) is 2.71. The van der Waals surface area contributed by atoms with Gasteiger partial charge in [0.05, 0.1) is 18.0 Å². The van der Waals surface area contributed by atoms with E-state index in [1.165, 1.54) is 12.1 Å². The van der Waals surface area contributed by atoms with Gasteiger partial charge in [0, 0.05) is 0 Å². The molecule has 0 bridgehead atoms. The molecule has 128 valence electrons. The maximum absolute atomic E-state index is 12.8. The zero-order valence-corrected chi connectivity index (χ0v) is 13.0. The van der Waals surface area contributed by atoms with Crippen LogP contribution >= 0.6 is 0 Å². The number of carbonyl (C=O) groups excluding carboxylic acids is 2. The second-order valence-corrected chi connectivity index (χ2v) is 5.99. The number of primary amides is 1. The summed E-state index contributed by atoms with van der Waals surface area (Å²) in [6.07, 6.45) is -5.72. The predicted molar refractivity (Wildman–Crippen MR) is 77.4 cm³/mol. The van der Waals surface area contributed by atoms with E-state index in [-0.39, 0.29) is 12.0 Å². The number of carbonyl (C=O) groups is 2. The number of benzene rings is 1. The summed E-state index contributed by atoms with van der Waals surface area (Å²) in [7, 11) is 0. The minimum atomic E-state index is -4.53. The predicted octanol–water partition coefficient (Wildman–Crippen LogP) is 3.15. The molecule has 0 unspecified atom stereocenters. The van der Waals surface area contributed by atoms with E-state index < -0.39 is 35.4 Å². The molecule has 0 aliphatic heterocycles. The van der Waals surface area contributed by atoms with E-state index in [1.807, 2.05) is 0 Å². The van der Waals surface area contributed by atoms with Crippen molar-refractivity contribution in [2.75, 3.05) is 0 Å². The Hall–Kier alpha value is -2.25. The van der Waals surface area contributed by atoms with Gasteiger partial charge in [0.15, 0.2) is 0 Å². The molecule has 0 saturated heterocycles. The lowest BCUT2D eigenvalue weighted by Crippen LogP contribution is -2.36. The number of ether oxygens (including phenoxy) is 1. The van der Waals surface area contributed by atoms with E-state index in [2.05, 4.69) is 5.32 Å². The van der Waals surface area contributed by atoms with Crippen LogP contribution in [-0.2, 0) is 15.7 Å². The fraction of sp³-hybridized carbons (Fsp3) is 0.467. The van der Waals surface area contributed by atoms with E-state index in [4.69, 9.17) is 10.5 Å². The molecule has 1 rings (SSSR count). The summed E-state index contributed by atoms with van der Waals surface area (Å²) < 4.78 is 43.4. The number of hydrogen-bond acceptors (Lipinski definition) is 3. The number of nitrogens with two attached hydrogens (primary N) is 1. The van der Waals surface area contributed by atoms with Gasteiger partial charge in [0.1, 0.15) is 5.60 Å². The first kappa shape index (κ1) is 18.8. The van der Waals surface area contributed by atoms with Crippen molar-refractivity contribution in [3.63, 3.8) is 0 Å². The van der Waals surface area contributed by atoms with Crippen LogP contribution in [0.5, 0.6) is 0 Å². The molecule has 0 fully saturated rings. The second kappa shape index (κ2) is 6.89. The van der Waals surface area contributed by atoms with Gasteiger partial charge >= 0.3 is 12.3 Å². The van der Waals surface area contributed by atoms with E-state index in [0.717, 1.165) is 12.1 Å². The Balaban J connectivity index is 3.03. The molecule has 23 heavy (non-hydrogen) atoms. The summed E-state index contributed by atoms with van der Waals surface area (Å²) in [4.78, 5) is 22.9. The summed E-state index contributed by atoms with van der Waals surface area (Å²) in [5.74, 6) is -0.761. The Morgan fingerprint density at radius 3 is 2.35 bits per heavy atom. The largest absolute Gasteiger partial charge is 0.444 e. The van der Waals surface area contributed by atoms with Crippen LogP contribution in [0, 0.1) is 0 Å². The van der Waals surface area contributed by atoms with Crippen molar-refractivity contribution in [3.8, 4) is 0 Å². The molecule has 0 aliphatic rings. The van der Waals surface area contributed by atoms with Gasteiger partial charge in [-0.25, -0.2) is 4.79 Å². The molecule has 8 heteroatoms. The smallest absolute Gasteiger partial charge is 0.416 e. The first-order valence-corrected chi connectivity index (χ1v) is 6.83. The van der Waals surface area contributed by atoms with Crippen LogP contribution in [0.25, 0.3) is 0 Å². The van der Waals surface area contributed by atoms with Crippen LogP contribution < -0.4 is 11.1 Å². The molecule has 0 aromatic heterocycles. The highest BCUT2D eigenvalue weighted by atomic mass is 19.4. The fourth-order valence-electron chi connectivity index (χ4n) is 1.83. The average molecular weight is 332 g/mol. The number of amides is 2. The molecule has 5 nitrogen and oxygen atoms in total. The summed E-state index contributed by atoms with van der Waals surface area (Å²) in [6.45, 7) is 4.92. The van der Waals surface area contributed by atoms with Crippen molar-refractivity contribution in [3.05, 3.63) is 35.4 Å². The Morgan fingerprint density at radius 1 is 1.26 bits per heavy atom.